The smallest absolute Gasteiger partial charge is 0.215 e. The number of pyridine rings is 1. The molecule has 0 spiro atoms. The highest BCUT2D eigenvalue weighted by molar-refractivity contribution is 5.50. The average molecular weight is 222 g/mol. The number of ether oxygens (including phenoxy) is 1. The third-order valence-corrected chi connectivity index (χ3v) is 1.71. The molecule has 0 amide bonds. The van der Waals surface area contributed by atoms with Crippen LogP contribution in [0.5, 0.6) is 5.88 Å². The Kier molecular flexibility index (Phi) is 6.51. The standard InChI is InChI=1S/C9H12N4O.C2H6/c1-7-5-6-8(14-4)12-9(7)13(10-2)11-3;1-2/h5-6H,2-3H2,1,4H3;1-2H3. The molecule has 88 valence electrons. The van der Waals surface area contributed by atoms with Crippen molar-refractivity contribution in [2.75, 3.05) is 12.2 Å². The lowest BCUT2D eigenvalue weighted by Gasteiger charge is -2.13. The Morgan fingerprint density at radius 2 is 1.81 bits per heavy atom. The van der Waals surface area contributed by atoms with Gasteiger partial charge in [-0.2, -0.15) is 15.2 Å². The summed E-state index contributed by atoms with van der Waals surface area (Å²) in [4.78, 5) is 4.17. The summed E-state index contributed by atoms with van der Waals surface area (Å²) >= 11 is 0. The summed E-state index contributed by atoms with van der Waals surface area (Å²) in [6.07, 6.45) is 0. The number of hydrazone groups is 2. The number of aromatic nitrogens is 1. The number of methoxy groups -OCH3 is 1. The highest BCUT2D eigenvalue weighted by Gasteiger charge is 2.08. The average Bonchev–Trinajstić information content (AvgIpc) is 2.35. The van der Waals surface area contributed by atoms with Gasteiger partial charge < -0.3 is 4.74 Å². The van der Waals surface area contributed by atoms with Crippen LogP contribution in [0, 0.1) is 6.92 Å². The largest absolute Gasteiger partial charge is 0.481 e. The second-order valence-corrected chi connectivity index (χ2v) is 2.57. The molecule has 0 unspecified atom stereocenters. The molecule has 0 aromatic carbocycles. The van der Waals surface area contributed by atoms with Crippen molar-refractivity contribution >= 4 is 19.3 Å². The number of rotatable bonds is 4. The molecule has 0 aliphatic carbocycles. The lowest BCUT2D eigenvalue weighted by atomic mass is 10.3. The number of nitrogens with zero attached hydrogens (tertiary/aromatic N) is 4. The zero-order valence-electron chi connectivity index (χ0n) is 10.3. The van der Waals surface area contributed by atoms with E-state index in [1.807, 2.05) is 26.8 Å². The molecule has 0 N–H and O–H groups in total. The molecule has 0 saturated carbocycles. The molecule has 0 bridgehead atoms. The van der Waals surface area contributed by atoms with E-state index in [2.05, 4.69) is 28.6 Å². The van der Waals surface area contributed by atoms with Crippen LogP contribution >= 0.6 is 0 Å². The van der Waals surface area contributed by atoms with Crippen molar-refractivity contribution < 1.29 is 4.74 Å². The molecule has 1 aromatic heterocycles. The number of hydrogen-bond donors (Lipinski definition) is 0. The summed E-state index contributed by atoms with van der Waals surface area (Å²) in [6.45, 7) is 12.6. The first kappa shape index (κ1) is 14.1. The molecule has 0 saturated heterocycles. The first-order chi connectivity index (χ1) is 7.72. The molecule has 0 radical (unpaired) electrons. The molecule has 5 heteroatoms. The predicted molar refractivity (Wildman–Crippen MR) is 68.5 cm³/mol. The van der Waals surface area contributed by atoms with Gasteiger partial charge in [0.25, 0.3) is 0 Å². The van der Waals surface area contributed by atoms with Crippen molar-refractivity contribution in [2.24, 2.45) is 10.2 Å². The fraction of sp³-hybridized carbons (Fsp3) is 0.364. The zero-order valence-corrected chi connectivity index (χ0v) is 10.3. The van der Waals surface area contributed by atoms with Crippen molar-refractivity contribution in [3.63, 3.8) is 0 Å². The highest BCUT2D eigenvalue weighted by Crippen LogP contribution is 2.20. The van der Waals surface area contributed by atoms with E-state index in [1.165, 1.54) is 5.12 Å². The van der Waals surface area contributed by atoms with Crippen LogP contribution in [0.15, 0.2) is 22.3 Å². The quantitative estimate of drug-likeness (QED) is 0.581. The molecule has 5 nitrogen and oxygen atoms in total. The Balaban J connectivity index is 0.00000106. The minimum Gasteiger partial charge on any atom is -0.481 e. The summed E-state index contributed by atoms with van der Waals surface area (Å²) in [5.74, 6) is 1.07. The van der Waals surface area contributed by atoms with Gasteiger partial charge >= 0.3 is 0 Å². The number of hydrogen-bond acceptors (Lipinski definition) is 5. The van der Waals surface area contributed by atoms with Gasteiger partial charge in [0, 0.05) is 19.5 Å². The fourth-order valence-electron chi connectivity index (χ4n) is 0.995. The van der Waals surface area contributed by atoms with Crippen LogP contribution in [-0.2, 0) is 0 Å². The molecular formula is C11H18N4O. The molecule has 1 heterocycles. The van der Waals surface area contributed by atoms with Crippen LogP contribution in [0.25, 0.3) is 0 Å². The van der Waals surface area contributed by atoms with Gasteiger partial charge in [-0.3, -0.25) is 0 Å². The van der Waals surface area contributed by atoms with Gasteiger partial charge in [-0.1, -0.05) is 19.9 Å². The first-order valence-electron chi connectivity index (χ1n) is 4.98. The van der Waals surface area contributed by atoms with Crippen LogP contribution in [0.1, 0.15) is 19.4 Å². The van der Waals surface area contributed by atoms with Crippen LogP contribution < -0.4 is 9.85 Å². The third-order valence-electron chi connectivity index (χ3n) is 1.71. The Bertz CT molecular complexity index is 344. The van der Waals surface area contributed by atoms with Crippen molar-refractivity contribution in [1.29, 1.82) is 0 Å². The van der Waals surface area contributed by atoms with Gasteiger partial charge in [0.05, 0.1) is 7.11 Å². The van der Waals surface area contributed by atoms with E-state index in [9.17, 15) is 0 Å². The summed E-state index contributed by atoms with van der Waals surface area (Å²) in [6, 6.07) is 3.63. The van der Waals surface area contributed by atoms with Gasteiger partial charge in [-0.25, -0.2) is 0 Å². The van der Waals surface area contributed by atoms with Crippen LogP contribution in [0.4, 0.5) is 5.82 Å². The molecule has 0 aliphatic rings. The van der Waals surface area contributed by atoms with Crippen molar-refractivity contribution in [2.45, 2.75) is 20.8 Å². The van der Waals surface area contributed by atoms with Crippen LogP contribution in [-0.4, -0.2) is 25.5 Å². The topological polar surface area (TPSA) is 50.1 Å². The van der Waals surface area contributed by atoms with E-state index in [4.69, 9.17) is 4.74 Å². The molecular weight excluding hydrogens is 204 g/mol. The van der Waals surface area contributed by atoms with E-state index in [1.54, 1.807) is 13.2 Å². The second kappa shape index (κ2) is 7.39. The monoisotopic (exact) mass is 222 g/mol. The van der Waals surface area contributed by atoms with Gasteiger partial charge in [0.2, 0.25) is 5.88 Å². The maximum absolute atomic E-state index is 4.99. The highest BCUT2D eigenvalue weighted by atomic mass is 16.5. The first-order valence-corrected chi connectivity index (χ1v) is 4.98. The minimum atomic E-state index is 0.503. The fourth-order valence-corrected chi connectivity index (χ4v) is 0.995. The number of aryl methyl sites for hydroxylation is 1. The summed E-state index contributed by atoms with van der Waals surface area (Å²) in [5.41, 5.74) is 0.922. The van der Waals surface area contributed by atoms with Crippen molar-refractivity contribution in [3.8, 4) is 5.88 Å². The van der Waals surface area contributed by atoms with E-state index < -0.39 is 0 Å². The minimum absolute atomic E-state index is 0.503. The number of anilines is 1. The van der Waals surface area contributed by atoms with E-state index >= 15 is 0 Å². The molecule has 1 rings (SSSR count). The Labute approximate surface area is 96.5 Å². The van der Waals surface area contributed by atoms with Crippen molar-refractivity contribution in [1.82, 2.24) is 4.98 Å². The molecule has 1 aromatic rings. The summed E-state index contributed by atoms with van der Waals surface area (Å²) < 4.78 is 4.99. The second-order valence-electron chi connectivity index (χ2n) is 2.57. The SMILES string of the molecule is C=NN(N=C)c1nc(OC)ccc1C.CC. The van der Waals surface area contributed by atoms with Crippen LogP contribution in [0.2, 0.25) is 0 Å². The summed E-state index contributed by atoms with van der Waals surface area (Å²) in [7, 11) is 1.55. The van der Waals surface area contributed by atoms with Crippen LogP contribution in [0.3, 0.4) is 0 Å². The molecule has 0 aliphatic heterocycles. The maximum Gasteiger partial charge on any atom is 0.215 e. The van der Waals surface area contributed by atoms with E-state index in [-0.39, 0.29) is 0 Å². The van der Waals surface area contributed by atoms with Crippen molar-refractivity contribution in [3.05, 3.63) is 17.7 Å². The predicted octanol–water partition coefficient (Wildman–Crippen LogP) is 2.46. The Hall–Kier alpha value is -1.91. The third kappa shape index (κ3) is 3.34. The lowest BCUT2D eigenvalue weighted by Crippen LogP contribution is -2.10. The van der Waals surface area contributed by atoms with Gasteiger partial charge in [-0.05, 0) is 12.5 Å². The molecule has 16 heavy (non-hydrogen) atoms. The zero-order chi connectivity index (χ0) is 12.6. The van der Waals surface area contributed by atoms with E-state index in [0.717, 1.165) is 5.56 Å². The maximum atomic E-state index is 4.99. The van der Waals surface area contributed by atoms with Gasteiger partial charge in [0.15, 0.2) is 5.82 Å². The molecule has 0 atom stereocenters. The summed E-state index contributed by atoms with van der Waals surface area (Å²) in [5, 5.41) is 8.55. The normalized spacial score (nSPS) is 8.50. The lowest BCUT2D eigenvalue weighted by molar-refractivity contribution is 0.397. The van der Waals surface area contributed by atoms with E-state index in [0.29, 0.717) is 11.7 Å². The van der Waals surface area contributed by atoms with Gasteiger partial charge in [-0.15, -0.1) is 5.12 Å². The van der Waals surface area contributed by atoms with Gasteiger partial charge in [0.1, 0.15) is 0 Å². The Morgan fingerprint density at radius 3 is 2.25 bits per heavy atom. The Morgan fingerprint density at radius 1 is 1.25 bits per heavy atom. The molecule has 0 fully saturated rings.